The van der Waals surface area contributed by atoms with Crippen molar-refractivity contribution in [2.75, 3.05) is 19.0 Å². The van der Waals surface area contributed by atoms with E-state index < -0.39 is 22.9 Å². The first-order chi connectivity index (χ1) is 14.3. The first-order valence-electron chi connectivity index (χ1n) is 9.42. The van der Waals surface area contributed by atoms with Crippen LogP contribution in [0.4, 0.5) is 11.4 Å². The van der Waals surface area contributed by atoms with Crippen molar-refractivity contribution in [2.24, 2.45) is 0 Å². The third kappa shape index (κ3) is 6.20. The van der Waals surface area contributed by atoms with Crippen LogP contribution in [0.2, 0.25) is 0 Å². The fourth-order valence-corrected chi connectivity index (χ4v) is 2.45. The number of carbonyl (C=O) groups excluding carboxylic acids is 2. The van der Waals surface area contributed by atoms with Gasteiger partial charge in [-0.1, -0.05) is 13.3 Å². The Morgan fingerprint density at radius 3 is 2.40 bits per heavy atom. The molecule has 0 fully saturated rings. The molecule has 0 bridgehead atoms. The van der Waals surface area contributed by atoms with Crippen LogP contribution in [-0.2, 0) is 9.53 Å². The maximum absolute atomic E-state index is 12.4. The standard InChI is InChI=1S/C21H24N2O7/c1-4-5-12-29-21(25)15-6-8-16(9-7-15)30-14(2)20(24)22-18-11-10-17(28-3)13-19(18)23(26)27/h6-11,13-14H,4-5,12H2,1-3H3,(H,22,24)/t14-/m0/s1. The molecule has 2 aromatic rings. The Morgan fingerprint density at radius 2 is 1.80 bits per heavy atom. The smallest absolute Gasteiger partial charge is 0.338 e. The van der Waals surface area contributed by atoms with Gasteiger partial charge in [-0.05, 0) is 49.7 Å². The predicted octanol–water partition coefficient (Wildman–Crippen LogP) is 3.97. The van der Waals surface area contributed by atoms with Gasteiger partial charge in [0.15, 0.2) is 6.10 Å². The molecule has 9 nitrogen and oxygen atoms in total. The number of esters is 1. The first kappa shape index (κ1) is 22.7. The number of nitro groups is 1. The summed E-state index contributed by atoms with van der Waals surface area (Å²) >= 11 is 0. The van der Waals surface area contributed by atoms with Crippen LogP contribution in [0.15, 0.2) is 42.5 Å². The lowest BCUT2D eigenvalue weighted by Crippen LogP contribution is -2.30. The van der Waals surface area contributed by atoms with Gasteiger partial charge in [0.1, 0.15) is 17.2 Å². The van der Waals surface area contributed by atoms with E-state index in [1.807, 2.05) is 6.92 Å². The number of nitro benzene ring substituents is 1. The summed E-state index contributed by atoms with van der Waals surface area (Å²) in [5, 5.41) is 13.7. The van der Waals surface area contributed by atoms with Crippen molar-refractivity contribution in [1.82, 2.24) is 0 Å². The number of rotatable bonds is 10. The predicted molar refractivity (Wildman–Crippen MR) is 110 cm³/mol. The second kappa shape index (κ2) is 10.8. The summed E-state index contributed by atoms with van der Waals surface area (Å²) < 4.78 is 15.7. The third-order valence-corrected chi connectivity index (χ3v) is 4.16. The van der Waals surface area contributed by atoms with E-state index >= 15 is 0 Å². The number of nitrogens with one attached hydrogen (secondary N) is 1. The highest BCUT2D eigenvalue weighted by molar-refractivity contribution is 5.96. The number of methoxy groups -OCH3 is 1. The van der Waals surface area contributed by atoms with Gasteiger partial charge in [-0.25, -0.2) is 4.79 Å². The fourth-order valence-electron chi connectivity index (χ4n) is 2.45. The number of hydrogen-bond acceptors (Lipinski definition) is 7. The molecular formula is C21H24N2O7. The van der Waals surface area contributed by atoms with Gasteiger partial charge in [0, 0.05) is 0 Å². The van der Waals surface area contributed by atoms with Crippen LogP contribution in [0.1, 0.15) is 37.0 Å². The van der Waals surface area contributed by atoms with Gasteiger partial charge < -0.3 is 19.5 Å². The van der Waals surface area contributed by atoms with E-state index in [4.69, 9.17) is 14.2 Å². The minimum Gasteiger partial charge on any atom is -0.496 e. The lowest BCUT2D eigenvalue weighted by molar-refractivity contribution is -0.384. The summed E-state index contributed by atoms with van der Waals surface area (Å²) in [5.41, 5.74) is 0.122. The number of unbranched alkanes of at least 4 members (excludes halogenated alkanes) is 1. The average molecular weight is 416 g/mol. The Hall–Kier alpha value is -3.62. The molecule has 0 aliphatic carbocycles. The number of ether oxygens (including phenoxy) is 3. The van der Waals surface area contributed by atoms with E-state index in [0.717, 1.165) is 12.8 Å². The molecule has 0 aliphatic rings. The van der Waals surface area contributed by atoms with E-state index in [2.05, 4.69) is 5.32 Å². The highest BCUT2D eigenvalue weighted by Crippen LogP contribution is 2.29. The van der Waals surface area contributed by atoms with Crippen LogP contribution < -0.4 is 14.8 Å². The minimum absolute atomic E-state index is 0.0337. The molecule has 1 amide bonds. The molecule has 160 valence electrons. The number of carbonyl (C=O) groups is 2. The van der Waals surface area contributed by atoms with Crippen LogP contribution in [0.25, 0.3) is 0 Å². The molecule has 0 aromatic heterocycles. The Morgan fingerprint density at radius 1 is 1.13 bits per heavy atom. The van der Waals surface area contributed by atoms with Gasteiger partial charge in [0.25, 0.3) is 11.6 Å². The van der Waals surface area contributed by atoms with Crippen molar-refractivity contribution in [2.45, 2.75) is 32.8 Å². The number of amides is 1. The zero-order chi connectivity index (χ0) is 22.1. The molecule has 1 atom stereocenters. The zero-order valence-electron chi connectivity index (χ0n) is 17.0. The molecule has 0 saturated carbocycles. The summed E-state index contributed by atoms with van der Waals surface area (Å²) in [5.74, 6) is -0.316. The van der Waals surface area contributed by atoms with Crippen LogP contribution >= 0.6 is 0 Å². The Balaban J connectivity index is 1.99. The molecule has 30 heavy (non-hydrogen) atoms. The van der Waals surface area contributed by atoms with Gasteiger partial charge in [-0.3, -0.25) is 14.9 Å². The Bertz CT molecular complexity index is 897. The summed E-state index contributed by atoms with van der Waals surface area (Å²) in [6.45, 7) is 3.88. The van der Waals surface area contributed by atoms with E-state index in [0.29, 0.717) is 23.7 Å². The molecule has 0 spiro atoms. The summed E-state index contributed by atoms with van der Waals surface area (Å²) in [7, 11) is 1.39. The third-order valence-electron chi connectivity index (χ3n) is 4.16. The molecule has 0 aliphatic heterocycles. The quantitative estimate of drug-likeness (QED) is 0.269. The van der Waals surface area contributed by atoms with Gasteiger partial charge in [0.2, 0.25) is 0 Å². The van der Waals surface area contributed by atoms with Crippen molar-refractivity contribution in [3.8, 4) is 11.5 Å². The summed E-state index contributed by atoms with van der Waals surface area (Å²) in [4.78, 5) is 34.9. The molecule has 9 heteroatoms. The molecule has 1 N–H and O–H groups in total. The van der Waals surface area contributed by atoms with Crippen molar-refractivity contribution in [3.63, 3.8) is 0 Å². The second-order valence-electron chi connectivity index (χ2n) is 6.40. The average Bonchev–Trinajstić information content (AvgIpc) is 2.74. The highest BCUT2D eigenvalue weighted by Gasteiger charge is 2.21. The van der Waals surface area contributed by atoms with Crippen LogP contribution in [-0.4, -0.2) is 36.6 Å². The Labute approximate surface area is 174 Å². The fraction of sp³-hybridized carbons (Fsp3) is 0.333. The van der Waals surface area contributed by atoms with Crippen LogP contribution in [0, 0.1) is 10.1 Å². The largest absolute Gasteiger partial charge is 0.496 e. The van der Waals surface area contributed by atoms with Gasteiger partial charge in [-0.15, -0.1) is 0 Å². The lowest BCUT2D eigenvalue weighted by Gasteiger charge is -2.15. The lowest BCUT2D eigenvalue weighted by atomic mass is 10.2. The van der Waals surface area contributed by atoms with E-state index in [-0.39, 0.29) is 11.4 Å². The van der Waals surface area contributed by atoms with Crippen molar-refractivity contribution >= 4 is 23.3 Å². The molecule has 2 rings (SSSR count). The summed E-state index contributed by atoms with van der Waals surface area (Å²) in [6, 6.07) is 10.3. The monoisotopic (exact) mass is 416 g/mol. The maximum Gasteiger partial charge on any atom is 0.338 e. The number of benzene rings is 2. The number of anilines is 1. The topological polar surface area (TPSA) is 117 Å². The van der Waals surface area contributed by atoms with Crippen molar-refractivity contribution in [1.29, 1.82) is 0 Å². The van der Waals surface area contributed by atoms with Crippen molar-refractivity contribution < 1.29 is 28.7 Å². The maximum atomic E-state index is 12.4. The van der Waals surface area contributed by atoms with Gasteiger partial charge in [-0.2, -0.15) is 0 Å². The molecule has 0 radical (unpaired) electrons. The van der Waals surface area contributed by atoms with Crippen LogP contribution in [0.3, 0.4) is 0 Å². The SMILES string of the molecule is CCCCOC(=O)c1ccc(O[C@@H](C)C(=O)Nc2ccc(OC)cc2[N+](=O)[O-])cc1. The number of nitrogens with zero attached hydrogens (tertiary/aromatic N) is 1. The zero-order valence-corrected chi connectivity index (χ0v) is 17.0. The van der Waals surface area contributed by atoms with E-state index in [9.17, 15) is 19.7 Å². The van der Waals surface area contributed by atoms with Gasteiger partial charge >= 0.3 is 5.97 Å². The molecule has 0 heterocycles. The van der Waals surface area contributed by atoms with Crippen molar-refractivity contribution in [3.05, 3.63) is 58.1 Å². The summed E-state index contributed by atoms with van der Waals surface area (Å²) in [6.07, 6.45) is 0.792. The van der Waals surface area contributed by atoms with Gasteiger partial charge in [0.05, 0.1) is 30.3 Å². The molecule has 2 aromatic carbocycles. The molecule has 0 saturated heterocycles. The van der Waals surface area contributed by atoms with Crippen LogP contribution in [0.5, 0.6) is 11.5 Å². The van der Waals surface area contributed by atoms with E-state index in [1.54, 1.807) is 24.3 Å². The normalized spacial score (nSPS) is 11.3. The highest BCUT2D eigenvalue weighted by atomic mass is 16.6. The number of hydrogen-bond donors (Lipinski definition) is 1. The second-order valence-corrected chi connectivity index (χ2v) is 6.40. The molecule has 0 unspecified atom stereocenters. The molecular weight excluding hydrogens is 392 g/mol. The first-order valence-corrected chi connectivity index (χ1v) is 9.42. The van der Waals surface area contributed by atoms with E-state index in [1.165, 1.54) is 32.2 Å². The minimum atomic E-state index is -0.936. The Kier molecular flexibility index (Phi) is 8.16.